The van der Waals surface area contributed by atoms with Gasteiger partial charge in [-0.25, -0.2) is 0 Å². The largest absolute Gasteiger partial charge is 0.481 e. The van der Waals surface area contributed by atoms with E-state index in [1.807, 2.05) is 24.3 Å². The number of rotatable bonds is 5. The highest BCUT2D eigenvalue weighted by molar-refractivity contribution is 5.98. The number of hydrogen-bond donors (Lipinski definition) is 2. The number of nitrogens with one attached hydrogen (secondary N) is 1. The summed E-state index contributed by atoms with van der Waals surface area (Å²) in [7, 11) is 0. The second-order valence-electron chi connectivity index (χ2n) is 5.96. The number of carbonyl (C=O) groups excluding carboxylic acids is 1. The van der Waals surface area contributed by atoms with Crippen LogP contribution in [0.15, 0.2) is 24.3 Å². The van der Waals surface area contributed by atoms with E-state index in [1.54, 1.807) is 0 Å². The van der Waals surface area contributed by atoms with E-state index in [4.69, 9.17) is 5.11 Å². The molecule has 2 fully saturated rings. The molecule has 112 valence electrons. The van der Waals surface area contributed by atoms with Gasteiger partial charge in [0.25, 0.3) is 0 Å². The van der Waals surface area contributed by atoms with Crippen molar-refractivity contribution in [3.63, 3.8) is 0 Å². The molecule has 0 bridgehead atoms. The number of carboxylic acid groups (broad SMARTS) is 1. The van der Waals surface area contributed by atoms with Crippen LogP contribution in [-0.2, 0) is 16.1 Å². The molecule has 3 rings (SSSR count). The van der Waals surface area contributed by atoms with Crippen molar-refractivity contribution in [3.8, 4) is 0 Å². The fourth-order valence-electron chi connectivity index (χ4n) is 2.89. The van der Waals surface area contributed by atoms with Gasteiger partial charge in [0.05, 0.1) is 11.8 Å². The van der Waals surface area contributed by atoms with Crippen LogP contribution < -0.4 is 5.32 Å². The number of amides is 1. The maximum Gasteiger partial charge on any atom is 0.307 e. The normalized spacial score (nSPS) is 24.8. The Kier molecular flexibility index (Phi) is 3.92. The van der Waals surface area contributed by atoms with Gasteiger partial charge < -0.3 is 10.4 Å². The zero-order valence-electron chi connectivity index (χ0n) is 11.9. The third-order valence-electron chi connectivity index (χ3n) is 4.27. The van der Waals surface area contributed by atoms with E-state index in [0.717, 1.165) is 25.3 Å². The lowest BCUT2D eigenvalue weighted by Gasteiger charge is -2.14. The van der Waals surface area contributed by atoms with Gasteiger partial charge in [-0.1, -0.05) is 12.1 Å². The molecule has 1 aromatic rings. The van der Waals surface area contributed by atoms with Crippen LogP contribution in [-0.4, -0.2) is 35.0 Å². The minimum atomic E-state index is -0.879. The van der Waals surface area contributed by atoms with Gasteiger partial charge in [0.1, 0.15) is 0 Å². The zero-order valence-corrected chi connectivity index (χ0v) is 11.9. The lowest BCUT2D eigenvalue weighted by atomic mass is 10.2. The van der Waals surface area contributed by atoms with Crippen LogP contribution in [0.4, 0.5) is 5.69 Å². The van der Waals surface area contributed by atoms with Crippen molar-refractivity contribution < 1.29 is 14.7 Å². The van der Waals surface area contributed by atoms with Crippen molar-refractivity contribution in [1.29, 1.82) is 0 Å². The highest BCUT2D eigenvalue weighted by Crippen LogP contribution is 2.39. The fraction of sp³-hybridized carbons (Fsp3) is 0.500. The molecule has 0 aromatic heterocycles. The number of nitrogens with zero attached hydrogens (tertiary/aromatic N) is 1. The van der Waals surface area contributed by atoms with Crippen molar-refractivity contribution in [2.45, 2.75) is 25.8 Å². The molecule has 21 heavy (non-hydrogen) atoms. The Bertz CT molecular complexity index is 535. The summed E-state index contributed by atoms with van der Waals surface area (Å²) in [4.78, 5) is 25.0. The van der Waals surface area contributed by atoms with Crippen LogP contribution in [0.1, 0.15) is 24.8 Å². The van der Waals surface area contributed by atoms with E-state index >= 15 is 0 Å². The van der Waals surface area contributed by atoms with Crippen LogP contribution in [0.3, 0.4) is 0 Å². The first-order valence-electron chi connectivity index (χ1n) is 7.48. The van der Waals surface area contributed by atoms with Crippen molar-refractivity contribution in [2.75, 3.05) is 18.4 Å². The van der Waals surface area contributed by atoms with Gasteiger partial charge in [0, 0.05) is 12.2 Å². The topological polar surface area (TPSA) is 69.6 Å². The second-order valence-corrected chi connectivity index (χ2v) is 5.96. The predicted molar refractivity (Wildman–Crippen MR) is 78.8 cm³/mol. The number of carboxylic acids is 1. The highest BCUT2D eigenvalue weighted by atomic mass is 16.4. The molecule has 0 spiro atoms. The molecule has 1 heterocycles. The molecular weight excluding hydrogens is 268 g/mol. The third-order valence-corrected chi connectivity index (χ3v) is 4.27. The molecule has 2 unspecified atom stereocenters. The Morgan fingerprint density at radius 3 is 2.38 bits per heavy atom. The Hall–Kier alpha value is -1.88. The highest BCUT2D eigenvalue weighted by Gasteiger charge is 2.48. The molecule has 2 aliphatic rings. The Labute approximate surface area is 123 Å². The number of carbonyl (C=O) groups is 2. The molecule has 5 nitrogen and oxygen atoms in total. The SMILES string of the molecule is O=C(O)C1CC1C(=O)Nc1ccc(CN2CCCC2)cc1. The maximum absolute atomic E-state index is 11.9. The van der Waals surface area contributed by atoms with E-state index in [0.29, 0.717) is 6.42 Å². The van der Waals surface area contributed by atoms with Crippen LogP contribution in [0.5, 0.6) is 0 Å². The first-order valence-corrected chi connectivity index (χ1v) is 7.48. The molecular formula is C16H20N2O3. The van der Waals surface area contributed by atoms with E-state index in [-0.39, 0.29) is 11.8 Å². The monoisotopic (exact) mass is 288 g/mol. The summed E-state index contributed by atoms with van der Waals surface area (Å²) in [6, 6.07) is 7.83. The molecule has 1 aliphatic heterocycles. The third kappa shape index (κ3) is 3.42. The maximum atomic E-state index is 11.9. The summed E-state index contributed by atoms with van der Waals surface area (Å²) in [6.07, 6.45) is 3.01. The van der Waals surface area contributed by atoms with Gasteiger partial charge in [-0.05, 0) is 50.0 Å². The molecule has 1 amide bonds. The molecule has 1 saturated heterocycles. The summed E-state index contributed by atoms with van der Waals surface area (Å²) < 4.78 is 0. The molecule has 1 aliphatic carbocycles. The summed E-state index contributed by atoms with van der Waals surface area (Å²) in [5.74, 6) is -1.93. The van der Waals surface area contributed by atoms with Gasteiger partial charge in [-0.2, -0.15) is 0 Å². The molecule has 2 atom stereocenters. The average Bonchev–Trinajstić information content (AvgIpc) is 3.13. The first-order chi connectivity index (χ1) is 10.1. The Balaban J connectivity index is 1.52. The minimum Gasteiger partial charge on any atom is -0.481 e. The molecule has 2 N–H and O–H groups in total. The number of hydrogen-bond acceptors (Lipinski definition) is 3. The summed E-state index contributed by atoms with van der Waals surface area (Å²) in [5, 5.41) is 11.6. The second kappa shape index (κ2) is 5.85. The number of likely N-dealkylation sites (tertiary alicyclic amines) is 1. The fourth-order valence-corrected chi connectivity index (χ4v) is 2.89. The lowest BCUT2D eigenvalue weighted by Crippen LogP contribution is -2.18. The van der Waals surface area contributed by atoms with Crippen LogP contribution >= 0.6 is 0 Å². The molecule has 5 heteroatoms. The van der Waals surface area contributed by atoms with Gasteiger partial charge in [-0.3, -0.25) is 14.5 Å². The van der Waals surface area contributed by atoms with Crippen molar-refractivity contribution in [2.24, 2.45) is 11.8 Å². The van der Waals surface area contributed by atoms with Crippen molar-refractivity contribution in [3.05, 3.63) is 29.8 Å². The van der Waals surface area contributed by atoms with Crippen LogP contribution in [0.2, 0.25) is 0 Å². The van der Waals surface area contributed by atoms with Crippen LogP contribution in [0.25, 0.3) is 0 Å². The molecule has 1 aromatic carbocycles. The predicted octanol–water partition coefficient (Wildman–Crippen LogP) is 1.94. The van der Waals surface area contributed by atoms with E-state index < -0.39 is 11.9 Å². The minimum absolute atomic E-state index is 0.185. The summed E-state index contributed by atoms with van der Waals surface area (Å²) in [5.41, 5.74) is 1.98. The van der Waals surface area contributed by atoms with Crippen molar-refractivity contribution in [1.82, 2.24) is 4.90 Å². The van der Waals surface area contributed by atoms with E-state index in [9.17, 15) is 9.59 Å². The summed E-state index contributed by atoms with van der Waals surface area (Å²) >= 11 is 0. The number of anilines is 1. The van der Waals surface area contributed by atoms with Gasteiger partial charge in [0.15, 0.2) is 0 Å². The average molecular weight is 288 g/mol. The summed E-state index contributed by atoms with van der Waals surface area (Å²) in [6.45, 7) is 3.28. The van der Waals surface area contributed by atoms with Crippen molar-refractivity contribution >= 4 is 17.6 Å². The van der Waals surface area contributed by atoms with Gasteiger partial charge in [0.2, 0.25) is 5.91 Å². The Morgan fingerprint density at radius 2 is 1.81 bits per heavy atom. The Morgan fingerprint density at radius 1 is 1.14 bits per heavy atom. The quantitative estimate of drug-likeness (QED) is 0.868. The molecule has 0 radical (unpaired) electrons. The van der Waals surface area contributed by atoms with Crippen LogP contribution in [0, 0.1) is 11.8 Å². The van der Waals surface area contributed by atoms with Gasteiger partial charge >= 0.3 is 5.97 Å². The zero-order chi connectivity index (χ0) is 14.8. The number of benzene rings is 1. The van der Waals surface area contributed by atoms with E-state index in [2.05, 4.69) is 10.2 Å². The van der Waals surface area contributed by atoms with E-state index in [1.165, 1.54) is 18.4 Å². The first kappa shape index (κ1) is 14.1. The molecule has 1 saturated carbocycles. The van der Waals surface area contributed by atoms with Gasteiger partial charge in [-0.15, -0.1) is 0 Å². The lowest BCUT2D eigenvalue weighted by molar-refractivity contribution is -0.139. The number of aliphatic carboxylic acids is 1. The smallest absolute Gasteiger partial charge is 0.307 e. The standard InChI is InChI=1S/C16H20N2O3/c19-15(13-9-14(13)16(20)21)17-12-5-3-11(4-6-12)10-18-7-1-2-8-18/h3-6,13-14H,1-2,7-10H2,(H,17,19)(H,20,21).